The molecule has 0 radical (unpaired) electrons. The molecule has 2 atom stereocenters. The fourth-order valence-corrected chi connectivity index (χ4v) is 1.90. The Bertz CT molecular complexity index is 210. The normalized spacial score (nSPS) is 25.1. The molecule has 1 fully saturated rings. The molecule has 0 aromatic heterocycles. The highest BCUT2D eigenvalue weighted by molar-refractivity contribution is 5.73. The Balaban J connectivity index is 2.65. The van der Waals surface area contributed by atoms with Crippen LogP contribution in [0.2, 0.25) is 0 Å². The molecule has 1 N–H and O–H groups in total. The van der Waals surface area contributed by atoms with E-state index in [4.69, 9.17) is 14.6 Å². The van der Waals surface area contributed by atoms with Gasteiger partial charge in [0, 0.05) is 19.7 Å². The van der Waals surface area contributed by atoms with Crippen molar-refractivity contribution in [2.24, 2.45) is 0 Å². The molecule has 0 amide bonds. The number of rotatable bonds is 5. The lowest BCUT2D eigenvalue weighted by atomic mass is 10.1. The van der Waals surface area contributed by atoms with Gasteiger partial charge in [0.25, 0.3) is 0 Å². The highest BCUT2D eigenvalue weighted by Crippen LogP contribution is 2.14. The van der Waals surface area contributed by atoms with Crippen molar-refractivity contribution in [3.63, 3.8) is 0 Å². The van der Waals surface area contributed by atoms with Crippen LogP contribution in [-0.2, 0) is 14.3 Å². The molecule has 1 heterocycles. The summed E-state index contributed by atoms with van der Waals surface area (Å²) in [7, 11) is 1.53. The molecule has 1 aliphatic heterocycles. The van der Waals surface area contributed by atoms with Gasteiger partial charge in [-0.3, -0.25) is 9.69 Å². The van der Waals surface area contributed by atoms with Gasteiger partial charge in [0.2, 0.25) is 0 Å². The molecule has 1 saturated heterocycles. The van der Waals surface area contributed by atoms with Crippen LogP contribution < -0.4 is 0 Å². The van der Waals surface area contributed by atoms with Gasteiger partial charge in [-0.25, -0.2) is 0 Å². The number of ether oxygens (including phenoxy) is 2. The van der Waals surface area contributed by atoms with E-state index in [0.717, 1.165) is 6.42 Å². The third-order valence-electron chi connectivity index (χ3n) is 2.75. The van der Waals surface area contributed by atoms with E-state index in [1.807, 2.05) is 11.8 Å². The van der Waals surface area contributed by atoms with Crippen molar-refractivity contribution < 1.29 is 19.4 Å². The van der Waals surface area contributed by atoms with Gasteiger partial charge in [-0.15, -0.1) is 0 Å². The van der Waals surface area contributed by atoms with Crippen LogP contribution in [0.4, 0.5) is 0 Å². The average Bonchev–Trinajstić information content (AvgIpc) is 2.25. The molecule has 1 aliphatic rings. The van der Waals surface area contributed by atoms with Crippen molar-refractivity contribution >= 4 is 5.97 Å². The van der Waals surface area contributed by atoms with Crippen LogP contribution in [-0.4, -0.2) is 61.5 Å². The van der Waals surface area contributed by atoms with Gasteiger partial charge >= 0.3 is 5.97 Å². The van der Waals surface area contributed by atoms with E-state index in [2.05, 4.69) is 0 Å². The van der Waals surface area contributed by atoms with Crippen LogP contribution in [0.1, 0.15) is 13.3 Å². The van der Waals surface area contributed by atoms with E-state index in [1.54, 1.807) is 0 Å². The molecule has 0 aromatic rings. The monoisotopic (exact) mass is 217 g/mol. The van der Waals surface area contributed by atoms with Gasteiger partial charge in [0.15, 0.2) is 0 Å². The number of nitrogens with zero attached hydrogens (tertiary/aromatic N) is 1. The first-order valence-electron chi connectivity index (χ1n) is 5.26. The Kier molecular flexibility index (Phi) is 5.01. The largest absolute Gasteiger partial charge is 0.480 e. The first-order chi connectivity index (χ1) is 7.20. The number of aliphatic carboxylic acids is 1. The highest BCUT2D eigenvalue weighted by atomic mass is 16.5. The molecule has 5 heteroatoms. The first-order valence-corrected chi connectivity index (χ1v) is 5.26. The summed E-state index contributed by atoms with van der Waals surface area (Å²) in [4.78, 5) is 13.1. The van der Waals surface area contributed by atoms with Gasteiger partial charge in [-0.05, 0) is 6.42 Å². The molecule has 1 rings (SSSR count). The summed E-state index contributed by atoms with van der Waals surface area (Å²) in [6, 6.07) is -0.362. The molecular formula is C10H19NO4. The molecule has 0 aliphatic carbocycles. The lowest BCUT2D eigenvalue weighted by molar-refractivity contribution is -0.150. The summed E-state index contributed by atoms with van der Waals surface area (Å²) in [5, 5.41) is 9.11. The van der Waals surface area contributed by atoms with E-state index < -0.39 is 12.0 Å². The maximum Gasteiger partial charge on any atom is 0.323 e. The van der Waals surface area contributed by atoms with Crippen molar-refractivity contribution in [3.8, 4) is 0 Å². The second-order valence-electron chi connectivity index (χ2n) is 3.68. The van der Waals surface area contributed by atoms with Gasteiger partial charge in [-0.2, -0.15) is 0 Å². The van der Waals surface area contributed by atoms with E-state index >= 15 is 0 Å². The summed E-state index contributed by atoms with van der Waals surface area (Å²) in [5.74, 6) is -0.822. The van der Waals surface area contributed by atoms with Crippen molar-refractivity contribution in [1.29, 1.82) is 0 Å². The van der Waals surface area contributed by atoms with Crippen LogP contribution in [0.15, 0.2) is 0 Å². The molecule has 15 heavy (non-hydrogen) atoms. The number of hydrogen-bond donors (Lipinski definition) is 1. The minimum Gasteiger partial charge on any atom is -0.480 e. The number of hydrogen-bond acceptors (Lipinski definition) is 4. The third kappa shape index (κ3) is 3.15. The summed E-state index contributed by atoms with van der Waals surface area (Å²) >= 11 is 0. The lowest BCUT2D eigenvalue weighted by Gasteiger charge is -2.38. The fourth-order valence-electron chi connectivity index (χ4n) is 1.90. The number of methoxy groups -OCH3 is 1. The second kappa shape index (κ2) is 6.05. The zero-order valence-electron chi connectivity index (χ0n) is 9.31. The lowest BCUT2D eigenvalue weighted by Crippen LogP contribution is -2.54. The number of carboxylic acid groups (broad SMARTS) is 1. The summed E-state index contributed by atoms with van der Waals surface area (Å²) in [6.07, 6.45) is 0.896. The molecule has 0 spiro atoms. The Hall–Kier alpha value is -0.650. The molecule has 2 unspecified atom stereocenters. The standard InChI is InChI=1S/C10H19NO4/c1-3-8-6-15-5-4-11(8)9(7-14-2)10(12)13/h8-9H,3-7H2,1-2H3,(H,12,13). The maximum absolute atomic E-state index is 11.1. The van der Waals surface area contributed by atoms with Crippen LogP contribution >= 0.6 is 0 Å². The Morgan fingerprint density at radius 3 is 3.00 bits per heavy atom. The van der Waals surface area contributed by atoms with Gasteiger partial charge in [-0.1, -0.05) is 6.92 Å². The smallest absolute Gasteiger partial charge is 0.323 e. The Morgan fingerprint density at radius 1 is 1.73 bits per heavy atom. The first kappa shape index (κ1) is 12.4. The van der Waals surface area contributed by atoms with E-state index in [0.29, 0.717) is 19.8 Å². The molecule has 0 bridgehead atoms. The van der Waals surface area contributed by atoms with Crippen LogP contribution in [0.3, 0.4) is 0 Å². The molecule has 88 valence electrons. The van der Waals surface area contributed by atoms with Crippen LogP contribution in [0.5, 0.6) is 0 Å². The van der Waals surface area contributed by atoms with Gasteiger partial charge in [0.05, 0.1) is 19.8 Å². The second-order valence-corrected chi connectivity index (χ2v) is 3.68. The van der Waals surface area contributed by atoms with Crippen molar-refractivity contribution in [1.82, 2.24) is 4.90 Å². The summed E-state index contributed by atoms with van der Waals surface area (Å²) < 4.78 is 10.3. The molecular weight excluding hydrogens is 198 g/mol. The van der Waals surface area contributed by atoms with E-state index in [-0.39, 0.29) is 12.6 Å². The SMILES string of the molecule is CCC1COCCN1C(COC)C(=O)O. The minimum absolute atomic E-state index is 0.190. The molecule has 5 nitrogen and oxygen atoms in total. The van der Waals surface area contributed by atoms with Crippen molar-refractivity contribution in [2.45, 2.75) is 25.4 Å². The van der Waals surface area contributed by atoms with Crippen molar-refractivity contribution in [3.05, 3.63) is 0 Å². The predicted molar refractivity (Wildman–Crippen MR) is 54.9 cm³/mol. The molecule has 0 aromatic carbocycles. The number of morpholine rings is 1. The maximum atomic E-state index is 11.1. The minimum atomic E-state index is -0.822. The summed E-state index contributed by atoms with van der Waals surface area (Å²) in [6.45, 7) is 4.15. The zero-order chi connectivity index (χ0) is 11.3. The number of carbonyl (C=O) groups is 1. The van der Waals surface area contributed by atoms with Gasteiger partial charge < -0.3 is 14.6 Å². The number of carboxylic acids is 1. The Labute approximate surface area is 90.0 Å². The quantitative estimate of drug-likeness (QED) is 0.712. The highest BCUT2D eigenvalue weighted by Gasteiger charge is 2.32. The topological polar surface area (TPSA) is 59.0 Å². The molecule has 0 saturated carbocycles. The van der Waals surface area contributed by atoms with Crippen molar-refractivity contribution in [2.75, 3.05) is 33.5 Å². The predicted octanol–water partition coefficient (Wildman–Crippen LogP) is 0.197. The zero-order valence-corrected chi connectivity index (χ0v) is 9.31. The Morgan fingerprint density at radius 2 is 2.47 bits per heavy atom. The van der Waals surface area contributed by atoms with E-state index in [9.17, 15) is 4.79 Å². The van der Waals surface area contributed by atoms with Crippen LogP contribution in [0, 0.1) is 0 Å². The van der Waals surface area contributed by atoms with E-state index in [1.165, 1.54) is 7.11 Å². The van der Waals surface area contributed by atoms with Crippen LogP contribution in [0.25, 0.3) is 0 Å². The third-order valence-corrected chi connectivity index (χ3v) is 2.75. The summed E-state index contributed by atoms with van der Waals surface area (Å²) in [5.41, 5.74) is 0. The average molecular weight is 217 g/mol. The fraction of sp³-hybridized carbons (Fsp3) is 0.900. The van der Waals surface area contributed by atoms with Gasteiger partial charge in [0.1, 0.15) is 6.04 Å².